The monoisotopic (exact) mass is 191 g/mol. The number of nitrogens with two attached hydrogens (primary N) is 1. The summed E-state index contributed by atoms with van der Waals surface area (Å²) in [5.41, 5.74) is 5.70. The molecule has 0 bridgehead atoms. The van der Waals surface area contributed by atoms with Crippen LogP contribution in [0.1, 0.15) is 26.2 Å². The predicted molar refractivity (Wildman–Crippen MR) is 49.6 cm³/mol. The highest BCUT2D eigenvalue weighted by Crippen LogP contribution is 2.39. The smallest absolute Gasteiger partial charge is 0.147 e. The van der Waals surface area contributed by atoms with E-state index >= 15 is 0 Å². The van der Waals surface area contributed by atoms with Gasteiger partial charge in [0.1, 0.15) is 9.84 Å². The van der Waals surface area contributed by atoms with E-state index in [1.54, 1.807) is 0 Å². The summed E-state index contributed by atoms with van der Waals surface area (Å²) in [5, 5.41) is 0. The highest BCUT2D eigenvalue weighted by Gasteiger charge is 2.38. The first kappa shape index (κ1) is 9.99. The van der Waals surface area contributed by atoms with Gasteiger partial charge >= 0.3 is 0 Å². The fraction of sp³-hybridized carbons (Fsp3) is 1.00. The third-order valence-corrected chi connectivity index (χ3v) is 3.47. The van der Waals surface area contributed by atoms with Crippen LogP contribution in [0.5, 0.6) is 0 Å². The molecule has 3 nitrogen and oxygen atoms in total. The van der Waals surface area contributed by atoms with E-state index in [1.807, 2.05) is 6.92 Å². The molecule has 0 aliphatic heterocycles. The number of rotatable bonds is 4. The Bertz CT molecular complexity index is 252. The van der Waals surface area contributed by atoms with Crippen LogP contribution < -0.4 is 5.73 Å². The van der Waals surface area contributed by atoms with Crippen LogP contribution in [0.3, 0.4) is 0 Å². The second-order valence-corrected chi connectivity index (χ2v) is 6.42. The summed E-state index contributed by atoms with van der Waals surface area (Å²) in [6.45, 7) is 1.95. The largest absolute Gasteiger partial charge is 0.325 e. The fourth-order valence-electron chi connectivity index (χ4n) is 1.35. The maximum atomic E-state index is 10.9. The second kappa shape index (κ2) is 3.00. The minimum atomic E-state index is -2.84. The quantitative estimate of drug-likeness (QED) is 0.706. The first-order chi connectivity index (χ1) is 5.31. The van der Waals surface area contributed by atoms with Crippen LogP contribution in [0.15, 0.2) is 0 Å². The van der Waals surface area contributed by atoms with Gasteiger partial charge in [-0.2, -0.15) is 0 Å². The summed E-state index contributed by atoms with van der Waals surface area (Å²) < 4.78 is 21.7. The van der Waals surface area contributed by atoms with Gasteiger partial charge in [-0.1, -0.05) is 0 Å². The Morgan fingerprint density at radius 1 is 1.50 bits per heavy atom. The first-order valence-electron chi connectivity index (χ1n) is 4.28. The molecule has 4 heteroatoms. The standard InChI is InChI=1S/C8H17NO2S/c1-8(9,7-3-4-7)5-6-12(2,10)11/h7H,3-6,9H2,1-2H3. The molecule has 0 amide bonds. The van der Waals surface area contributed by atoms with E-state index in [4.69, 9.17) is 5.73 Å². The van der Waals surface area contributed by atoms with E-state index in [2.05, 4.69) is 0 Å². The van der Waals surface area contributed by atoms with Crippen molar-refractivity contribution in [2.24, 2.45) is 11.7 Å². The van der Waals surface area contributed by atoms with Crippen molar-refractivity contribution in [1.29, 1.82) is 0 Å². The SMILES string of the molecule is CC(N)(CCS(C)(=O)=O)C1CC1. The van der Waals surface area contributed by atoms with Crippen LogP contribution in [0.2, 0.25) is 0 Å². The third-order valence-electron chi connectivity index (χ3n) is 2.52. The van der Waals surface area contributed by atoms with Gasteiger partial charge in [0.25, 0.3) is 0 Å². The maximum absolute atomic E-state index is 10.9. The molecule has 0 aromatic carbocycles. The Labute approximate surface area is 74.3 Å². The van der Waals surface area contributed by atoms with E-state index in [-0.39, 0.29) is 11.3 Å². The molecule has 0 spiro atoms. The molecule has 0 aromatic heterocycles. The highest BCUT2D eigenvalue weighted by molar-refractivity contribution is 7.90. The lowest BCUT2D eigenvalue weighted by Crippen LogP contribution is -2.40. The molecule has 1 aliphatic rings. The molecule has 0 aromatic rings. The topological polar surface area (TPSA) is 60.2 Å². The van der Waals surface area contributed by atoms with Gasteiger partial charge in [0.2, 0.25) is 0 Å². The lowest BCUT2D eigenvalue weighted by Gasteiger charge is -2.23. The zero-order valence-electron chi connectivity index (χ0n) is 7.71. The molecule has 72 valence electrons. The summed E-state index contributed by atoms with van der Waals surface area (Å²) in [4.78, 5) is 0. The van der Waals surface area contributed by atoms with Crippen molar-refractivity contribution in [3.8, 4) is 0 Å². The van der Waals surface area contributed by atoms with Crippen molar-refractivity contribution in [2.75, 3.05) is 12.0 Å². The van der Waals surface area contributed by atoms with Crippen molar-refractivity contribution < 1.29 is 8.42 Å². The van der Waals surface area contributed by atoms with Crippen LogP contribution in [0, 0.1) is 5.92 Å². The fourth-order valence-corrected chi connectivity index (χ4v) is 2.16. The predicted octanol–water partition coefficient (Wildman–Crippen LogP) is 0.548. The van der Waals surface area contributed by atoms with Crippen molar-refractivity contribution in [3.63, 3.8) is 0 Å². The van der Waals surface area contributed by atoms with Crippen LogP contribution in [0.25, 0.3) is 0 Å². The van der Waals surface area contributed by atoms with Gasteiger partial charge in [0, 0.05) is 11.8 Å². The van der Waals surface area contributed by atoms with Crippen LogP contribution in [-0.2, 0) is 9.84 Å². The molecule has 1 saturated carbocycles. The van der Waals surface area contributed by atoms with E-state index in [9.17, 15) is 8.42 Å². The highest BCUT2D eigenvalue weighted by atomic mass is 32.2. The van der Waals surface area contributed by atoms with Crippen molar-refractivity contribution >= 4 is 9.84 Å². The second-order valence-electron chi connectivity index (χ2n) is 4.16. The molecule has 1 unspecified atom stereocenters. The summed E-state index contributed by atoms with van der Waals surface area (Å²) in [6.07, 6.45) is 4.18. The molecule has 1 atom stereocenters. The molecular weight excluding hydrogens is 174 g/mol. The van der Waals surface area contributed by atoms with Crippen molar-refractivity contribution in [2.45, 2.75) is 31.7 Å². The molecule has 1 rings (SSSR count). The number of hydrogen-bond donors (Lipinski definition) is 1. The zero-order chi connectivity index (χ0) is 9.41. The van der Waals surface area contributed by atoms with Gasteiger partial charge in [0.15, 0.2) is 0 Å². The summed E-state index contributed by atoms with van der Waals surface area (Å²) in [7, 11) is -2.84. The van der Waals surface area contributed by atoms with Crippen molar-refractivity contribution in [3.05, 3.63) is 0 Å². The average molecular weight is 191 g/mol. The minimum absolute atomic E-state index is 0.219. The molecule has 0 radical (unpaired) electrons. The Morgan fingerprint density at radius 3 is 2.33 bits per heavy atom. The summed E-state index contributed by atoms with van der Waals surface area (Å²) in [5.74, 6) is 0.774. The van der Waals surface area contributed by atoms with E-state index in [0.717, 1.165) is 12.8 Å². The Hall–Kier alpha value is -0.0900. The van der Waals surface area contributed by atoms with E-state index in [1.165, 1.54) is 6.26 Å². The lowest BCUT2D eigenvalue weighted by atomic mass is 9.94. The molecule has 0 saturated heterocycles. The van der Waals surface area contributed by atoms with Gasteiger partial charge in [-0.25, -0.2) is 8.42 Å². The third kappa shape index (κ3) is 3.11. The van der Waals surface area contributed by atoms with E-state index in [0.29, 0.717) is 12.3 Å². The minimum Gasteiger partial charge on any atom is -0.325 e. The molecule has 12 heavy (non-hydrogen) atoms. The van der Waals surface area contributed by atoms with Crippen LogP contribution in [0.4, 0.5) is 0 Å². The molecule has 2 N–H and O–H groups in total. The number of hydrogen-bond acceptors (Lipinski definition) is 3. The number of sulfone groups is 1. The zero-order valence-corrected chi connectivity index (χ0v) is 8.52. The normalized spacial score (nSPS) is 23.6. The molecular formula is C8H17NO2S. The molecule has 0 heterocycles. The van der Waals surface area contributed by atoms with Crippen LogP contribution >= 0.6 is 0 Å². The Kier molecular flexibility index (Phi) is 2.50. The average Bonchev–Trinajstić information content (AvgIpc) is 2.62. The van der Waals surface area contributed by atoms with E-state index < -0.39 is 9.84 Å². The van der Waals surface area contributed by atoms with Gasteiger partial charge < -0.3 is 5.73 Å². The first-order valence-corrected chi connectivity index (χ1v) is 6.34. The van der Waals surface area contributed by atoms with Gasteiger partial charge in [-0.15, -0.1) is 0 Å². The summed E-state index contributed by atoms with van der Waals surface area (Å²) >= 11 is 0. The van der Waals surface area contributed by atoms with Crippen LogP contribution in [-0.4, -0.2) is 26.0 Å². The summed E-state index contributed by atoms with van der Waals surface area (Å²) in [6, 6.07) is 0. The van der Waals surface area contributed by atoms with Gasteiger partial charge in [0.05, 0.1) is 5.75 Å². The van der Waals surface area contributed by atoms with Gasteiger partial charge in [-0.05, 0) is 32.1 Å². The van der Waals surface area contributed by atoms with Gasteiger partial charge in [-0.3, -0.25) is 0 Å². The molecule has 1 aliphatic carbocycles. The lowest BCUT2D eigenvalue weighted by molar-refractivity contribution is 0.395. The Morgan fingerprint density at radius 2 is 2.00 bits per heavy atom. The Balaban J connectivity index is 2.40. The van der Waals surface area contributed by atoms with Crippen molar-refractivity contribution in [1.82, 2.24) is 0 Å². The molecule has 1 fully saturated rings. The maximum Gasteiger partial charge on any atom is 0.147 e.